The molecule has 4 heteroatoms. The Bertz CT molecular complexity index is 356. The average Bonchev–Trinajstić information content (AvgIpc) is 2.14. The van der Waals surface area contributed by atoms with Gasteiger partial charge >= 0.3 is 6.36 Å². The highest BCUT2D eigenvalue weighted by molar-refractivity contribution is 5.39. The maximum atomic E-state index is 12.2. The highest BCUT2D eigenvalue weighted by atomic mass is 19.4. The van der Waals surface area contributed by atoms with E-state index < -0.39 is 6.36 Å². The zero-order valence-electron chi connectivity index (χ0n) is 9.56. The summed E-state index contributed by atoms with van der Waals surface area (Å²) >= 11 is 0. The van der Waals surface area contributed by atoms with Gasteiger partial charge in [-0.3, -0.25) is 0 Å². The fourth-order valence-corrected chi connectivity index (χ4v) is 1.49. The van der Waals surface area contributed by atoms with E-state index in [-0.39, 0.29) is 11.7 Å². The Hall–Kier alpha value is -1.19. The number of hydrogen-bond donors (Lipinski definition) is 0. The smallest absolute Gasteiger partial charge is 0.405 e. The van der Waals surface area contributed by atoms with E-state index in [1.807, 2.05) is 26.8 Å². The van der Waals surface area contributed by atoms with Crippen molar-refractivity contribution in [3.63, 3.8) is 0 Å². The van der Waals surface area contributed by atoms with Crippen molar-refractivity contribution < 1.29 is 17.9 Å². The van der Waals surface area contributed by atoms with Gasteiger partial charge in [0.1, 0.15) is 5.75 Å². The van der Waals surface area contributed by atoms with Gasteiger partial charge < -0.3 is 4.74 Å². The molecule has 0 aliphatic heterocycles. The Kier molecular flexibility index (Phi) is 3.83. The molecule has 0 fully saturated rings. The van der Waals surface area contributed by atoms with Crippen LogP contribution >= 0.6 is 0 Å². The van der Waals surface area contributed by atoms with Gasteiger partial charge in [0.2, 0.25) is 0 Å². The van der Waals surface area contributed by atoms with Crippen LogP contribution in [0.5, 0.6) is 5.75 Å². The van der Waals surface area contributed by atoms with Crippen LogP contribution in [0.2, 0.25) is 0 Å². The van der Waals surface area contributed by atoms with E-state index in [9.17, 15) is 13.2 Å². The van der Waals surface area contributed by atoms with Gasteiger partial charge in [0.15, 0.2) is 0 Å². The molecule has 1 aromatic carbocycles. The maximum Gasteiger partial charge on any atom is 0.573 e. The maximum absolute atomic E-state index is 12.2. The quantitative estimate of drug-likeness (QED) is 0.756. The van der Waals surface area contributed by atoms with Crippen LogP contribution in [0, 0.1) is 0 Å². The normalized spacial score (nSPS) is 11.9. The molecule has 0 saturated heterocycles. The molecular weight excluding hydrogens is 217 g/mol. The zero-order valence-corrected chi connectivity index (χ0v) is 9.56. The van der Waals surface area contributed by atoms with Crippen LogP contribution in [-0.4, -0.2) is 6.36 Å². The summed E-state index contributed by atoms with van der Waals surface area (Å²) in [5, 5.41) is 0. The third-order valence-corrected chi connectivity index (χ3v) is 2.33. The Morgan fingerprint density at radius 1 is 1.25 bits per heavy atom. The number of alkyl halides is 3. The van der Waals surface area contributed by atoms with E-state index >= 15 is 0 Å². The van der Waals surface area contributed by atoms with Crippen LogP contribution in [0.15, 0.2) is 18.2 Å². The average molecular weight is 232 g/mol. The van der Waals surface area contributed by atoms with Crippen LogP contribution in [0.3, 0.4) is 0 Å². The molecule has 0 unspecified atom stereocenters. The third-order valence-electron chi connectivity index (χ3n) is 2.33. The van der Waals surface area contributed by atoms with Crippen molar-refractivity contribution in [2.75, 3.05) is 0 Å². The SMILES string of the molecule is CCc1ccc(C(C)C)c(OC(F)(F)F)c1. The molecule has 0 spiro atoms. The molecule has 0 radical (unpaired) electrons. The molecule has 90 valence electrons. The van der Waals surface area contributed by atoms with Crippen LogP contribution in [0.1, 0.15) is 37.8 Å². The largest absolute Gasteiger partial charge is 0.573 e. The van der Waals surface area contributed by atoms with Crippen LogP contribution in [-0.2, 0) is 6.42 Å². The van der Waals surface area contributed by atoms with Gasteiger partial charge in [-0.05, 0) is 29.5 Å². The Balaban J connectivity index is 3.10. The summed E-state index contributed by atoms with van der Waals surface area (Å²) in [6, 6.07) is 4.99. The zero-order chi connectivity index (χ0) is 12.3. The van der Waals surface area contributed by atoms with Crippen molar-refractivity contribution in [1.82, 2.24) is 0 Å². The summed E-state index contributed by atoms with van der Waals surface area (Å²) in [6.45, 7) is 5.57. The Labute approximate surface area is 93.2 Å². The number of benzene rings is 1. The molecule has 1 nitrogen and oxygen atoms in total. The number of aryl methyl sites for hydroxylation is 1. The first-order valence-electron chi connectivity index (χ1n) is 5.22. The second-order valence-electron chi connectivity index (χ2n) is 3.93. The molecule has 0 aliphatic rings. The van der Waals surface area contributed by atoms with E-state index in [2.05, 4.69) is 4.74 Å². The fraction of sp³-hybridized carbons (Fsp3) is 0.500. The first kappa shape index (κ1) is 12.9. The number of ether oxygens (including phenoxy) is 1. The second-order valence-corrected chi connectivity index (χ2v) is 3.93. The molecule has 0 bridgehead atoms. The van der Waals surface area contributed by atoms with Crippen LogP contribution in [0.25, 0.3) is 0 Å². The molecule has 1 rings (SSSR count). The van der Waals surface area contributed by atoms with Gasteiger partial charge in [0.05, 0.1) is 0 Å². The Morgan fingerprint density at radius 2 is 1.88 bits per heavy atom. The molecule has 16 heavy (non-hydrogen) atoms. The van der Waals surface area contributed by atoms with Crippen molar-refractivity contribution in [3.8, 4) is 5.75 Å². The fourth-order valence-electron chi connectivity index (χ4n) is 1.49. The monoisotopic (exact) mass is 232 g/mol. The van der Waals surface area contributed by atoms with Crippen molar-refractivity contribution in [2.45, 2.75) is 39.5 Å². The van der Waals surface area contributed by atoms with E-state index in [0.29, 0.717) is 12.0 Å². The first-order valence-corrected chi connectivity index (χ1v) is 5.22. The minimum Gasteiger partial charge on any atom is -0.405 e. The molecule has 0 aromatic heterocycles. The highest BCUT2D eigenvalue weighted by Crippen LogP contribution is 2.32. The molecular formula is C12H15F3O. The third kappa shape index (κ3) is 3.43. The minimum absolute atomic E-state index is 0.00301. The van der Waals surface area contributed by atoms with Crippen molar-refractivity contribution in [2.24, 2.45) is 0 Å². The van der Waals surface area contributed by atoms with Crippen LogP contribution in [0.4, 0.5) is 13.2 Å². The van der Waals surface area contributed by atoms with Gasteiger partial charge in [0, 0.05) is 0 Å². The lowest BCUT2D eigenvalue weighted by atomic mass is 9.99. The van der Waals surface area contributed by atoms with Gasteiger partial charge in [-0.1, -0.05) is 32.9 Å². The van der Waals surface area contributed by atoms with E-state index in [1.165, 1.54) is 6.07 Å². The Morgan fingerprint density at radius 3 is 2.31 bits per heavy atom. The van der Waals surface area contributed by atoms with Crippen molar-refractivity contribution in [3.05, 3.63) is 29.3 Å². The lowest BCUT2D eigenvalue weighted by Crippen LogP contribution is -2.18. The van der Waals surface area contributed by atoms with Gasteiger partial charge in [-0.25, -0.2) is 0 Å². The summed E-state index contributed by atoms with van der Waals surface area (Å²) in [5.41, 5.74) is 1.41. The van der Waals surface area contributed by atoms with Crippen molar-refractivity contribution in [1.29, 1.82) is 0 Å². The van der Waals surface area contributed by atoms with Crippen LogP contribution < -0.4 is 4.74 Å². The molecule has 0 aliphatic carbocycles. The molecule has 0 atom stereocenters. The number of rotatable bonds is 3. The predicted molar refractivity (Wildman–Crippen MR) is 56.6 cm³/mol. The first-order chi connectivity index (χ1) is 7.33. The summed E-state index contributed by atoms with van der Waals surface area (Å²) in [7, 11) is 0. The van der Waals surface area contributed by atoms with E-state index in [0.717, 1.165) is 5.56 Å². The van der Waals surface area contributed by atoms with Gasteiger partial charge in [0.25, 0.3) is 0 Å². The molecule has 0 heterocycles. The van der Waals surface area contributed by atoms with E-state index in [4.69, 9.17) is 0 Å². The van der Waals surface area contributed by atoms with E-state index in [1.54, 1.807) is 6.07 Å². The number of halogens is 3. The summed E-state index contributed by atoms with van der Waals surface area (Å²) in [6.07, 6.45) is -3.94. The predicted octanol–water partition coefficient (Wildman–Crippen LogP) is 4.27. The molecule has 0 amide bonds. The standard InChI is InChI=1S/C12H15F3O/c1-4-9-5-6-10(8(2)3)11(7-9)16-12(13,14)15/h5-8H,4H2,1-3H3. The summed E-state index contributed by atoms with van der Waals surface area (Å²) < 4.78 is 40.6. The highest BCUT2D eigenvalue weighted by Gasteiger charge is 2.32. The lowest BCUT2D eigenvalue weighted by Gasteiger charge is -2.16. The summed E-state index contributed by atoms with van der Waals surface area (Å²) in [4.78, 5) is 0. The lowest BCUT2D eigenvalue weighted by molar-refractivity contribution is -0.274. The minimum atomic E-state index is -4.63. The van der Waals surface area contributed by atoms with Gasteiger partial charge in [-0.15, -0.1) is 13.2 Å². The molecule has 1 aromatic rings. The molecule has 0 N–H and O–H groups in total. The van der Waals surface area contributed by atoms with Gasteiger partial charge in [-0.2, -0.15) is 0 Å². The number of hydrogen-bond acceptors (Lipinski definition) is 1. The summed E-state index contributed by atoms with van der Waals surface area (Å²) in [5.74, 6) is -0.0786. The van der Waals surface area contributed by atoms with Crippen molar-refractivity contribution >= 4 is 0 Å². The second kappa shape index (κ2) is 4.76. The topological polar surface area (TPSA) is 9.23 Å². The molecule has 0 saturated carbocycles.